The Hall–Kier alpha value is 0.499. The Morgan fingerprint density at radius 3 is 1.32 bits per heavy atom. The molecule has 112 valence electrons. The molecule has 0 saturated carbocycles. The van der Waals surface area contributed by atoms with E-state index in [0.717, 1.165) is 0 Å². The third-order valence-corrected chi connectivity index (χ3v) is 17.8. The number of hydrogen-bond acceptors (Lipinski definition) is 1. The summed E-state index contributed by atoms with van der Waals surface area (Å²) in [6.45, 7) is 7.02. The first-order valence-corrected chi connectivity index (χ1v) is 18.0. The molecule has 1 aromatic heterocycles. The molecule has 1 aromatic rings. The number of thiophene rings is 1. The van der Waals surface area contributed by atoms with Crippen LogP contribution < -0.4 is 0 Å². The van der Waals surface area contributed by atoms with Gasteiger partial charge in [-0.1, -0.05) is 12.1 Å². The predicted molar refractivity (Wildman–Crippen MR) is 95.1 cm³/mol. The van der Waals surface area contributed by atoms with E-state index in [1.807, 2.05) is 22.9 Å². The van der Waals surface area contributed by atoms with Gasteiger partial charge in [0.2, 0.25) is 0 Å². The quantitative estimate of drug-likeness (QED) is 0.392. The normalized spacial score (nSPS) is 10.9. The maximum Gasteiger partial charge on any atom is -0.00934 e. The Morgan fingerprint density at radius 2 is 1.11 bits per heavy atom. The summed E-state index contributed by atoms with van der Waals surface area (Å²) in [5.74, 6) is 0. The molecule has 0 radical (unpaired) electrons. The number of hydrogen-bond donors (Lipinski definition) is 0. The number of rotatable bonds is 9. The van der Waals surface area contributed by atoms with Crippen molar-refractivity contribution in [3.8, 4) is 0 Å². The van der Waals surface area contributed by atoms with Crippen molar-refractivity contribution in [2.45, 2.75) is 77.5 Å². The molecule has 0 aromatic carbocycles. The molecule has 0 aliphatic heterocycles. The largest absolute Gasteiger partial charge is 0.152 e. The summed E-state index contributed by atoms with van der Waals surface area (Å²) >= 11 is 0.149. The van der Waals surface area contributed by atoms with E-state index < -0.39 is 18.4 Å². The molecule has 0 saturated heterocycles. The van der Waals surface area contributed by atoms with E-state index in [2.05, 4.69) is 25.7 Å². The average molecular weight is 389 g/mol. The van der Waals surface area contributed by atoms with Crippen LogP contribution in [-0.2, 0) is 0 Å². The van der Waals surface area contributed by atoms with Crippen LogP contribution in [0.1, 0.15) is 59.3 Å². The molecule has 0 amide bonds. The van der Waals surface area contributed by atoms with E-state index in [0.29, 0.717) is 0 Å². The fourth-order valence-corrected chi connectivity index (χ4v) is 15.3. The van der Waals surface area contributed by atoms with Crippen molar-refractivity contribution in [2.24, 2.45) is 0 Å². The SMILES string of the molecule is CCC[CH2][Sn]([CH3])([CH2]CCC)[CH2]CCC.c1ccsc1. The average Bonchev–Trinajstić information content (AvgIpc) is 3.00. The van der Waals surface area contributed by atoms with Crippen LogP contribution in [0, 0.1) is 0 Å². The van der Waals surface area contributed by atoms with Crippen LogP contribution in [0.15, 0.2) is 22.9 Å². The topological polar surface area (TPSA) is 0 Å². The molecule has 0 atom stereocenters. The third-order valence-electron chi connectivity index (χ3n) is 3.83. The standard InChI is InChI=1S/C4H4S.3C4H9.CH3.Sn/c1-2-4-5-3-1;3*1-3-4-2;;/h1-4H;3*1,3-4H2,2H3;1H3;. The van der Waals surface area contributed by atoms with Gasteiger partial charge in [-0.05, 0) is 10.8 Å². The smallest absolute Gasteiger partial charge is 0.00934 e. The van der Waals surface area contributed by atoms with Crippen molar-refractivity contribution in [3.05, 3.63) is 22.9 Å². The molecule has 1 heterocycles. The van der Waals surface area contributed by atoms with Gasteiger partial charge in [-0.2, -0.15) is 11.3 Å². The van der Waals surface area contributed by atoms with Gasteiger partial charge in [0.25, 0.3) is 0 Å². The van der Waals surface area contributed by atoms with Gasteiger partial charge in [0.05, 0.1) is 0 Å². The molecule has 0 N–H and O–H groups in total. The van der Waals surface area contributed by atoms with E-state index in [1.165, 1.54) is 38.5 Å². The first-order chi connectivity index (χ1) is 9.18. The van der Waals surface area contributed by atoms with Crippen molar-refractivity contribution in [1.29, 1.82) is 0 Å². The molecule has 0 aliphatic rings. The Labute approximate surface area is 129 Å². The Morgan fingerprint density at radius 1 is 0.737 bits per heavy atom. The van der Waals surface area contributed by atoms with Gasteiger partial charge >= 0.3 is 95.9 Å². The second-order valence-corrected chi connectivity index (χ2v) is 21.3. The molecule has 2 heteroatoms. The van der Waals surface area contributed by atoms with Crippen LogP contribution in [0.3, 0.4) is 0 Å². The molecule has 0 unspecified atom stereocenters. The van der Waals surface area contributed by atoms with Crippen LogP contribution in [0.5, 0.6) is 0 Å². The maximum atomic E-state index is 2.72. The minimum absolute atomic E-state index is 1.41. The summed E-state index contributed by atoms with van der Waals surface area (Å²) < 4.78 is 4.97. The van der Waals surface area contributed by atoms with E-state index in [1.54, 1.807) is 24.6 Å². The summed E-state index contributed by atoms with van der Waals surface area (Å²) in [4.78, 5) is 2.72. The summed E-state index contributed by atoms with van der Waals surface area (Å²) in [7, 11) is 0. The zero-order valence-electron chi connectivity index (χ0n) is 13.6. The van der Waals surface area contributed by atoms with Crippen molar-refractivity contribution in [2.75, 3.05) is 0 Å². The summed E-state index contributed by atoms with van der Waals surface area (Å²) in [6, 6.07) is 4.04. The molecule has 19 heavy (non-hydrogen) atoms. The van der Waals surface area contributed by atoms with E-state index >= 15 is 0 Å². The minimum atomic E-state index is -1.56. The van der Waals surface area contributed by atoms with Gasteiger partial charge in [0.1, 0.15) is 0 Å². The summed E-state index contributed by atoms with van der Waals surface area (Å²) in [5, 5.41) is 4.08. The van der Waals surface area contributed by atoms with Crippen LogP contribution in [0.25, 0.3) is 0 Å². The van der Waals surface area contributed by atoms with Gasteiger partial charge in [-0.25, -0.2) is 0 Å². The molecule has 1 rings (SSSR count). The first kappa shape index (κ1) is 19.5. The van der Waals surface area contributed by atoms with Crippen molar-refractivity contribution in [1.82, 2.24) is 0 Å². The van der Waals surface area contributed by atoms with Crippen molar-refractivity contribution in [3.63, 3.8) is 0 Å². The monoisotopic (exact) mass is 390 g/mol. The van der Waals surface area contributed by atoms with Gasteiger partial charge in [0, 0.05) is 0 Å². The van der Waals surface area contributed by atoms with Crippen LogP contribution in [0.4, 0.5) is 0 Å². The molecule has 0 aliphatic carbocycles. The Bertz CT molecular complexity index is 217. The van der Waals surface area contributed by atoms with Crippen molar-refractivity contribution < 1.29 is 0 Å². The van der Waals surface area contributed by atoms with Gasteiger partial charge in [0.15, 0.2) is 0 Å². The van der Waals surface area contributed by atoms with Crippen LogP contribution in [-0.4, -0.2) is 18.4 Å². The van der Waals surface area contributed by atoms with Gasteiger partial charge in [-0.15, -0.1) is 0 Å². The zero-order chi connectivity index (χ0) is 14.4. The molecular weight excluding hydrogens is 355 g/mol. The molecule has 0 fully saturated rings. The summed E-state index contributed by atoms with van der Waals surface area (Å²) in [5.41, 5.74) is 0. The minimum Gasteiger partial charge on any atom is -0.152 e. The van der Waals surface area contributed by atoms with Gasteiger partial charge in [-0.3, -0.25) is 0 Å². The van der Waals surface area contributed by atoms with Gasteiger partial charge < -0.3 is 0 Å². The second-order valence-electron chi connectivity index (χ2n) is 5.91. The van der Waals surface area contributed by atoms with Crippen LogP contribution in [0.2, 0.25) is 18.2 Å². The fraction of sp³-hybridized carbons (Fsp3) is 0.765. The first-order valence-electron chi connectivity index (χ1n) is 8.15. The zero-order valence-corrected chi connectivity index (χ0v) is 17.3. The predicted octanol–water partition coefficient (Wildman–Crippen LogP) is 7.21. The van der Waals surface area contributed by atoms with E-state index in [4.69, 9.17) is 0 Å². The molecular formula is C17H34SSn. The maximum absolute atomic E-state index is 2.72. The van der Waals surface area contributed by atoms with Crippen molar-refractivity contribution >= 4 is 29.7 Å². The fourth-order valence-electron chi connectivity index (χ4n) is 2.41. The van der Waals surface area contributed by atoms with E-state index in [9.17, 15) is 0 Å². The molecule has 0 bridgehead atoms. The Kier molecular flexibility index (Phi) is 13.8. The van der Waals surface area contributed by atoms with Crippen LogP contribution >= 0.6 is 11.3 Å². The number of unbranched alkanes of at least 4 members (excludes halogenated alkanes) is 3. The molecule has 0 spiro atoms. The molecule has 0 nitrogen and oxygen atoms in total. The summed E-state index contributed by atoms with van der Waals surface area (Å²) in [6.07, 6.45) is 8.76. The van der Waals surface area contributed by atoms with E-state index in [-0.39, 0.29) is 0 Å². The second kappa shape index (κ2) is 13.5. The Balaban J connectivity index is 0.000000532. The third kappa shape index (κ3) is 12.0.